The summed E-state index contributed by atoms with van der Waals surface area (Å²) in [7, 11) is -7.20. The lowest BCUT2D eigenvalue weighted by atomic mass is 10.7. The molecule has 0 radical (unpaired) electrons. The third-order valence-corrected chi connectivity index (χ3v) is 3.34. The van der Waals surface area contributed by atoms with Crippen LogP contribution in [0.5, 0.6) is 0 Å². The van der Waals surface area contributed by atoms with Gasteiger partial charge in [-0.2, -0.15) is 0 Å². The summed E-state index contributed by atoms with van der Waals surface area (Å²) < 4.78 is 47.5. The zero-order chi connectivity index (χ0) is 12.3. The smallest absolute Gasteiger partial charge is 0.348 e. The van der Waals surface area contributed by atoms with Crippen LogP contribution in [0.15, 0.2) is 0 Å². The second-order valence-electron chi connectivity index (χ2n) is 3.00. The Bertz CT molecular complexity index is 418. The number of aliphatic carboxylic acids is 1. The van der Waals surface area contributed by atoms with Crippen LogP contribution in [0.3, 0.4) is 0 Å². The van der Waals surface area contributed by atoms with E-state index in [1.165, 1.54) is 0 Å². The number of carboxylic acid groups (broad SMARTS) is 1. The minimum absolute atomic E-state index is 0.424. The highest BCUT2D eigenvalue weighted by Crippen LogP contribution is 2.02. The molecule has 0 spiro atoms. The van der Waals surface area contributed by atoms with Gasteiger partial charge in [0, 0.05) is 12.5 Å². The van der Waals surface area contributed by atoms with Crippen molar-refractivity contribution in [2.45, 2.75) is 5.44 Å². The molecule has 1 unspecified atom stereocenters. The van der Waals surface area contributed by atoms with Crippen molar-refractivity contribution >= 4 is 25.6 Å². The lowest BCUT2D eigenvalue weighted by Crippen LogP contribution is -2.33. The van der Waals surface area contributed by atoms with Gasteiger partial charge in [-0.3, -0.25) is 0 Å². The predicted molar refractivity (Wildman–Crippen MR) is 51.9 cm³/mol. The molecule has 0 aromatic rings. The molecule has 15 heavy (non-hydrogen) atoms. The van der Waals surface area contributed by atoms with Crippen LogP contribution in [-0.2, 0) is 29.2 Å². The summed E-state index contributed by atoms with van der Waals surface area (Å²) in [5.74, 6) is -2.09. The topological polar surface area (TPSA) is 115 Å². The van der Waals surface area contributed by atoms with E-state index in [2.05, 4.69) is 4.74 Å². The van der Waals surface area contributed by atoms with Crippen LogP contribution >= 0.6 is 0 Å². The Kier molecular flexibility index (Phi) is 4.68. The number of carbonyl (C=O) groups is 1. The summed E-state index contributed by atoms with van der Waals surface area (Å²) in [6.45, 7) is -0.469. The van der Waals surface area contributed by atoms with Crippen molar-refractivity contribution < 1.29 is 31.5 Å². The van der Waals surface area contributed by atoms with E-state index in [4.69, 9.17) is 5.11 Å². The van der Waals surface area contributed by atoms with Crippen LogP contribution in [0.4, 0.5) is 0 Å². The lowest BCUT2D eigenvalue weighted by molar-refractivity contribution is -0.144. The molecular weight excluding hydrogens is 248 g/mol. The monoisotopic (exact) mass is 260 g/mol. The Hall–Kier alpha value is -0.670. The number of hydrogen-bond acceptors (Lipinski definition) is 6. The van der Waals surface area contributed by atoms with Crippen molar-refractivity contribution in [1.82, 2.24) is 0 Å². The molecule has 1 atom stereocenters. The largest absolute Gasteiger partial charge is 0.479 e. The number of rotatable bonds is 6. The molecule has 0 rings (SSSR count). The molecule has 0 saturated heterocycles. The Labute approximate surface area is 87.9 Å². The van der Waals surface area contributed by atoms with Crippen molar-refractivity contribution in [2.24, 2.45) is 0 Å². The van der Waals surface area contributed by atoms with Gasteiger partial charge in [-0.05, 0) is 0 Å². The van der Waals surface area contributed by atoms with Gasteiger partial charge in [-0.1, -0.05) is 0 Å². The fraction of sp³-hybridized carbons (Fsp3) is 0.833. The maximum atomic E-state index is 10.9. The summed E-state index contributed by atoms with van der Waals surface area (Å²) in [4.78, 5) is 10.4. The van der Waals surface area contributed by atoms with Crippen molar-refractivity contribution in [3.05, 3.63) is 0 Å². The molecule has 0 heterocycles. The first-order valence-electron chi connectivity index (χ1n) is 3.75. The van der Waals surface area contributed by atoms with Crippen LogP contribution < -0.4 is 0 Å². The summed E-state index contributed by atoms with van der Waals surface area (Å²) in [6.07, 6.45) is 1.64. The molecule has 0 aliphatic carbocycles. The normalized spacial score (nSPS) is 14.8. The molecule has 0 bridgehead atoms. The second kappa shape index (κ2) is 4.90. The van der Waals surface area contributed by atoms with Crippen LogP contribution in [0.2, 0.25) is 0 Å². The van der Waals surface area contributed by atoms with E-state index in [0.717, 1.165) is 6.26 Å². The molecule has 0 aliphatic heterocycles. The van der Waals surface area contributed by atoms with Crippen molar-refractivity contribution in [3.63, 3.8) is 0 Å². The standard InChI is InChI=1S/C6H12O7S2/c1-14(9,10)4-3-13-6(5(7)8)15(2,11)12/h6H,3-4H2,1-2H3,(H,7,8). The number of sulfone groups is 2. The fourth-order valence-corrected chi connectivity index (χ4v) is 1.79. The van der Waals surface area contributed by atoms with Gasteiger partial charge in [-0.25, -0.2) is 21.6 Å². The van der Waals surface area contributed by atoms with Crippen molar-refractivity contribution in [2.75, 3.05) is 24.9 Å². The molecule has 0 amide bonds. The van der Waals surface area contributed by atoms with E-state index in [-0.39, 0.29) is 0 Å². The Balaban J connectivity index is 4.42. The molecule has 7 nitrogen and oxygen atoms in total. The summed E-state index contributed by atoms with van der Waals surface area (Å²) >= 11 is 0. The van der Waals surface area contributed by atoms with Crippen LogP contribution in [0, 0.1) is 0 Å². The fourth-order valence-electron chi connectivity index (χ4n) is 0.685. The molecule has 0 fully saturated rings. The van der Waals surface area contributed by atoms with Crippen LogP contribution in [0.25, 0.3) is 0 Å². The van der Waals surface area contributed by atoms with E-state index < -0.39 is 43.4 Å². The number of ether oxygens (including phenoxy) is 1. The van der Waals surface area contributed by atoms with Crippen molar-refractivity contribution in [3.8, 4) is 0 Å². The van der Waals surface area contributed by atoms with E-state index in [1.54, 1.807) is 0 Å². The van der Waals surface area contributed by atoms with Crippen LogP contribution in [-0.4, -0.2) is 58.2 Å². The van der Waals surface area contributed by atoms with Gasteiger partial charge in [0.25, 0.3) is 5.44 Å². The molecular formula is C6H12O7S2. The van der Waals surface area contributed by atoms with Crippen LogP contribution in [0.1, 0.15) is 0 Å². The highest BCUT2D eigenvalue weighted by molar-refractivity contribution is 7.92. The number of carboxylic acids is 1. The summed E-state index contributed by atoms with van der Waals surface area (Å²) in [5, 5.41) is 8.48. The Morgan fingerprint density at radius 2 is 1.73 bits per heavy atom. The van der Waals surface area contributed by atoms with Gasteiger partial charge in [0.15, 0.2) is 9.84 Å². The lowest BCUT2D eigenvalue weighted by Gasteiger charge is -2.10. The first-order valence-corrected chi connectivity index (χ1v) is 7.76. The zero-order valence-electron chi connectivity index (χ0n) is 8.20. The molecule has 90 valence electrons. The highest BCUT2D eigenvalue weighted by Gasteiger charge is 2.29. The quantitative estimate of drug-likeness (QED) is 0.618. The van der Waals surface area contributed by atoms with Gasteiger partial charge in [0.2, 0.25) is 0 Å². The average molecular weight is 260 g/mol. The van der Waals surface area contributed by atoms with Gasteiger partial charge in [0.1, 0.15) is 9.84 Å². The van der Waals surface area contributed by atoms with Gasteiger partial charge in [-0.15, -0.1) is 0 Å². The van der Waals surface area contributed by atoms with Gasteiger partial charge < -0.3 is 9.84 Å². The van der Waals surface area contributed by atoms with Gasteiger partial charge in [0.05, 0.1) is 12.4 Å². The summed E-state index contributed by atoms with van der Waals surface area (Å²) in [5.41, 5.74) is -2.01. The molecule has 9 heteroatoms. The predicted octanol–water partition coefficient (Wildman–Crippen LogP) is -1.50. The minimum Gasteiger partial charge on any atom is -0.479 e. The first kappa shape index (κ1) is 14.3. The number of hydrogen-bond donors (Lipinski definition) is 1. The third-order valence-electron chi connectivity index (χ3n) is 1.31. The third kappa shape index (κ3) is 6.42. The first-order chi connectivity index (χ1) is 6.54. The second-order valence-corrected chi connectivity index (χ2v) is 7.35. The van der Waals surface area contributed by atoms with Crippen molar-refractivity contribution in [1.29, 1.82) is 0 Å². The van der Waals surface area contributed by atoms with Gasteiger partial charge >= 0.3 is 5.97 Å². The summed E-state index contributed by atoms with van der Waals surface area (Å²) in [6, 6.07) is 0. The van der Waals surface area contributed by atoms with E-state index in [9.17, 15) is 21.6 Å². The molecule has 0 aromatic heterocycles. The maximum Gasteiger partial charge on any atom is 0.348 e. The molecule has 0 saturated carbocycles. The zero-order valence-corrected chi connectivity index (χ0v) is 9.84. The minimum atomic E-state index is -3.90. The SMILES string of the molecule is CS(=O)(=O)CCOC(C(=O)O)S(C)(=O)=O. The highest BCUT2D eigenvalue weighted by atomic mass is 32.2. The Morgan fingerprint density at radius 1 is 1.27 bits per heavy atom. The molecule has 1 N–H and O–H groups in total. The average Bonchev–Trinajstić information content (AvgIpc) is 1.92. The van der Waals surface area contributed by atoms with E-state index >= 15 is 0 Å². The Morgan fingerprint density at radius 3 is 2.00 bits per heavy atom. The maximum absolute atomic E-state index is 10.9. The van der Waals surface area contributed by atoms with E-state index in [0.29, 0.717) is 6.26 Å². The molecule has 0 aliphatic rings. The van der Waals surface area contributed by atoms with E-state index in [1.807, 2.05) is 0 Å². The molecule has 0 aromatic carbocycles.